The Morgan fingerprint density at radius 2 is 2.00 bits per heavy atom. The second-order valence-corrected chi connectivity index (χ2v) is 3.88. The van der Waals surface area contributed by atoms with E-state index in [1.165, 1.54) is 0 Å². The van der Waals surface area contributed by atoms with Crippen LogP contribution < -0.4 is 5.32 Å². The number of aliphatic carboxylic acids is 1. The maximum atomic E-state index is 11.5. The van der Waals surface area contributed by atoms with Gasteiger partial charge in [0.05, 0.1) is 6.61 Å². The van der Waals surface area contributed by atoms with E-state index in [-0.39, 0.29) is 32.4 Å². The summed E-state index contributed by atoms with van der Waals surface area (Å²) < 4.78 is 4.78. The molecule has 0 aliphatic rings. The fourth-order valence-electron chi connectivity index (χ4n) is 1.26. The quantitative estimate of drug-likeness (QED) is 0.477. The van der Waals surface area contributed by atoms with Crippen molar-refractivity contribution in [2.45, 2.75) is 19.3 Å². The number of amides is 2. The van der Waals surface area contributed by atoms with Crippen LogP contribution in [0.3, 0.4) is 0 Å². The molecule has 0 saturated heterocycles. The lowest BCUT2D eigenvalue weighted by Crippen LogP contribution is -2.39. The van der Waals surface area contributed by atoms with Crippen LogP contribution in [-0.4, -0.2) is 67.1 Å². The third-order valence-corrected chi connectivity index (χ3v) is 2.25. The monoisotopic (exact) mass is 262 g/mol. The average molecular weight is 262 g/mol. The van der Waals surface area contributed by atoms with E-state index >= 15 is 0 Å². The number of rotatable bonds is 10. The molecular formula is C11H22N2O5. The van der Waals surface area contributed by atoms with Crippen LogP contribution in [0.1, 0.15) is 19.3 Å². The Labute approximate surface area is 107 Å². The molecule has 0 aromatic heterocycles. The first kappa shape index (κ1) is 16.7. The molecule has 0 aromatic rings. The Balaban J connectivity index is 3.46. The molecule has 0 aromatic carbocycles. The van der Waals surface area contributed by atoms with Gasteiger partial charge in [0.2, 0.25) is 0 Å². The van der Waals surface area contributed by atoms with Gasteiger partial charge >= 0.3 is 12.0 Å². The van der Waals surface area contributed by atoms with Crippen LogP contribution in [0.2, 0.25) is 0 Å². The Kier molecular flexibility index (Phi) is 9.99. The minimum absolute atomic E-state index is 0.177. The van der Waals surface area contributed by atoms with Gasteiger partial charge < -0.3 is 25.2 Å². The number of nitrogens with one attached hydrogen (secondary N) is 1. The van der Waals surface area contributed by atoms with Crippen molar-refractivity contribution in [3.8, 4) is 0 Å². The normalized spacial score (nSPS) is 10.1. The maximum Gasteiger partial charge on any atom is 0.329 e. The predicted octanol–water partition coefficient (Wildman–Crippen LogP) is -0.108. The van der Waals surface area contributed by atoms with Gasteiger partial charge in [-0.1, -0.05) is 0 Å². The highest BCUT2D eigenvalue weighted by molar-refractivity contribution is 5.73. The standard InChI is InChI=1S/C11H22N2O5/c1-13(6-3-2-4-7-14)11(17)12-5-8-18-9-10(15)16/h14H,2-9H2,1H3,(H,12,17)(H,15,16). The number of urea groups is 1. The lowest BCUT2D eigenvalue weighted by molar-refractivity contribution is -0.142. The van der Waals surface area contributed by atoms with Gasteiger partial charge in [0.15, 0.2) is 0 Å². The molecule has 0 aliphatic heterocycles. The van der Waals surface area contributed by atoms with Crippen LogP contribution in [0, 0.1) is 0 Å². The SMILES string of the molecule is CN(CCCCCO)C(=O)NCCOCC(=O)O. The van der Waals surface area contributed by atoms with E-state index in [9.17, 15) is 9.59 Å². The fourth-order valence-corrected chi connectivity index (χ4v) is 1.26. The van der Waals surface area contributed by atoms with E-state index in [2.05, 4.69) is 5.32 Å². The zero-order valence-corrected chi connectivity index (χ0v) is 10.7. The third kappa shape index (κ3) is 9.86. The van der Waals surface area contributed by atoms with E-state index in [0.717, 1.165) is 19.3 Å². The molecule has 0 rings (SSSR count). The molecule has 0 aliphatic carbocycles. The summed E-state index contributed by atoms with van der Waals surface area (Å²) in [5.41, 5.74) is 0. The zero-order chi connectivity index (χ0) is 13.8. The number of nitrogens with zero attached hydrogens (tertiary/aromatic N) is 1. The lowest BCUT2D eigenvalue weighted by Gasteiger charge is -2.17. The van der Waals surface area contributed by atoms with Gasteiger partial charge in [-0.05, 0) is 19.3 Å². The number of carbonyl (C=O) groups excluding carboxylic acids is 1. The molecule has 0 heterocycles. The number of hydrogen-bond donors (Lipinski definition) is 3. The zero-order valence-electron chi connectivity index (χ0n) is 10.7. The predicted molar refractivity (Wildman–Crippen MR) is 65.4 cm³/mol. The van der Waals surface area contributed by atoms with Crippen molar-refractivity contribution in [2.24, 2.45) is 0 Å². The summed E-state index contributed by atoms with van der Waals surface area (Å²) >= 11 is 0. The molecule has 0 spiro atoms. The molecule has 2 amide bonds. The summed E-state index contributed by atoms with van der Waals surface area (Å²) in [4.78, 5) is 23.2. The Hall–Kier alpha value is -1.34. The summed E-state index contributed by atoms with van der Waals surface area (Å²) in [5, 5.41) is 19.5. The van der Waals surface area contributed by atoms with Gasteiger partial charge in [-0.2, -0.15) is 0 Å². The first-order valence-corrected chi connectivity index (χ1v) is 5.97. The molecule has 3 N–H and O–H groups in total. The third-order valence-electron chi connectivity index (χ3n) is 2.25. The highest BCUT2D eigenvalue weighted by Gasteiger charge is 2.06. The summed E-state index contributed by atoms with van der Waals surface area (Å²) in [6.45, 7) is 0.912. The molecular weight excluding hydrogens is 240 g/mol. The number of carboxylic acids is 1. The smallest absolute Gasteiger partial charge is 0.329 e. The topological polar surface area (TPSA) is 99.1 Å². The summed E-state index contributed by atoms with van der Waals surface area (Å²) in [7, 11) is 1.69. The van der Waals surface area contributed by atoms with Crippen LogP contribution in [-0.2, 0) is 9.53 Å². The van der Waals surface area contributed by atoms with Gasteiger partial charge in [0.1, 0.15) is 6.61 Å². The van der Waals surface area contributed by atoms with Crippen molar-refractivity contribution >= 4 is 12.0 Å². The molecule has 0 radical (unpaired) electrons. The summed E-state index contributed by atoms with van der Waals surface area (Å²) in [6.07, 6.45) is 2.48. The summed E-state index contributed by atoms with van der Waals surface area (Å²) in [5.74, 6) is -1.03. The van der Waals surface area contributed by atoms with Gasteiger partial charge in [-0.25, -0.2) is 9.59 Å². The molecule has 0 unspecified atom stereocenters. The van der Waals surface area contributed by atoms with Crippen molar-refractivity contribution < 1.29 is 24.5 Å². The molecule has 0 saturated carbocycles. The van der Waals surface area contributed by atoms with E-state index in [4.69, 9.17) is 14.9 Å². The number of ether oxygens (including phenoxy) is 1. The second kappa shape index (κ2) is 10.8. The van der Waals surface area contributed by atoms with Crippen molar-refractivity contribution in [3.05, 3.63) is 0 Å². The molecule has 18 heavy (non-hydrogen) atoms. The summed E-state index contributed by atoms with van der Waals surface area (Å²) in [6, 6.07) is -0.210. The van der Waals surface area contributed by atoms with Crippen molar-refractivity contribution in [1.82, 2.24) is 10.2 Å². The Bertz CT molecular complexity index is 248. The first-order chi connectivity index (χ1) is 8.57. The highest BCUT2D eigenvalue weighted by Crippen LogP contribution is 1.96. The second-order valence-electron chi connectivity index (χ2n) is 3.88. The first-order valence-electron chi connectivity index (χ1n) is 5.97. The van der Waals surface area contributed by atoms with Gasteiger partial charge in [-0.3, -0.25) is 0 Å². The molecule has 0 fully saturated rings. The number of aliphatic hydroxyl groups is 1. The van der Waals surface area contributed by atoms with E-state index in [1.54, 1.807) is 11.9 Å². The lowest BCUT2D eigenvalue weighted by atomic mass is 10.2. The number of carbonyl (C=O) groups is 2. The number of hydrogen-bond acceptors (Lipinski definition) is 4. The Morgan fingerprint density at radius 1 is 1.28 bits per heavy atom. The maximum absolute atomic E-state index is 11.5. The van der Waals surface area contributed by atoms with E-state index in [1.807, 2.05) is 0 Å². The fraction of sp³-hybridized carbons (Fsp3) is 0.818. The van der Waals surface area contributed by atoms with Crippen molar-refractivity contribution in [3.63, 3.8) is 0 Å². The number of carboxylic acid groups (broad SMARTS) is 1. The molecule has 0 bridgehead atoms. The van der Waals surface area contributed by atoms with Gasteiger partial charge in [0.25, 0.3) is 0 Å². The molecule has 106 valence electrons. The Morgan fingerprint density at radius 3 is 2.61 bits per heavy atom. The highest BCUT2D eigenvalue weighted by atomic mass is 16.5. The number of unbranched alkanes of at least 4 members (excludes halogenated alkanes) is 2. The van der Waals surface area contributed by atoms with E-state index < -0.39 is 5.97 Å². The van der Waals surface area contributed by atoms with Crippen LogP contribution >= 0.6 is 0 Å². The minimum Gasteiger partial charge on any atom is -0.480 e. The minimum atomic E-state index is -1.03. The van der Waals surface area contributed by atoms with Crippen molar-refractivity contribution in [2.75, 3.05) is 40.0 Å². The van der Waals surface area contributed by atoms with Gasteiger partial charge in [0, 0.05) is 26.7 Å². The van der Waals surface area contributed by atoms with Crippen LogP contribution in [0.15, 0.2) is 0 Å². The van der Waals surface area contributed by atoms with Crippen LogP contribution in [0.5, 0.6) is 0 Å². The largest absolute Gasteiger partial charge is 0.480 e. The average Bonchev–Trinajstić information content (AvgIpc) is 2.33. The van der Waals surface area contributed by atoms with Crippen molar-refractivity contribution in [1.29, 1.82) is 0 Å². The van der Waals surface area contributed by atoms with Gasteiger partial charge in [-0.15, -0.1) is 0 Å². The van der Waals surface area contributed by atoms with E-state index in [0.29, 0.717) is 6.54 Å². The number of aliphatic hydroxyl groups excluding tert-OH is 1. The van der Waals surface area contributed by atoms with Crippen LogP contribution in [0.25, 0.3) is 0 Å². The molecule has 7 nitrogen and oxygen atoms in total. The van der Waals surface area contributed by atoms with Crippen LogP contribution in [0.4, 0.5) is 4.79 Å². The molecule has 0 atom stereocenters. The molecule has 7 heteroatoms.